The summed E-state index contributed by atoms with van der Waals surface area (Å²) in [6, 6.07) is 19.9. The van der Waals surface area contributed by atoms with Crippen molar-refractivity contribution in [2.75, 3.05) is 24.4 Å². The van der Waals surface area contributed by atoms with Gasteiger partial charge in [-0.05, 0) is 66.6 Å². The largest absolute Gasteiger partial charge is 0.497 e. The summed E-state index contributed by atoms with van der Waals surface area (Å²) in [6.07, 6.45) is -0.172. The third-order valence-corrected chi connectivity index (χ3v) is 5.84. The molecule has 0 saturated carbocycles. The minimum absolute atomic E-state index is 0.172. The van der Waals surface area contributed by atoms with Crippen LogP contribution in [0.3, 0.4) is 0 Å². The van der Waals surface area contributed by atoms with Gasteiger partial charge in [0.15, 0.2) is 0 Å². The highest BCUT2D eigenvalue weighted by molar-refractivity contribution is 6.22. The van der Waals surface area contributed by atoms with Gasteiger partial charge in [-0.15, -0.1) is 0 Å². The molecule has 0 aliphatic carbocycles. The first-order valence-electron chi connectivity index (χ1n) is 11.2. The van der Waals surface area contributed by atoms with Gasteiger partial charge in [-0.25, -0.2) is 9.69 Å². The van der Waals surface area contributed by atoms with E-state index in [0.717, 1.165) is 16.0 Å². The second-order valence-electron chi connectivity index (χ2n) is 8.27. The van der Waals surface area contributed by atoms with Gasteiger partial charge in [0.05, 0.1) is 26.3 Å². The van der Waals surface area contributed by atoms with E-state index in [-0.39, 0.29) is 18.9 Å². The number of carbonyl (C=O) groups excluding carboxylic acids is 3. The van der Waals surface area contributed by atoms with Crippen molar-refractivity contribution in [2.24, 2.45) is 0 Å². The van der Waals surface area contributed by atoms with Crippen LogP contribution in [0.25, 0.3) is 0 Å². The van der Waals surface area contributed by atoms with Crippen molar-refractivity contribution in [1.82, 2.24) is 4.90 Å². The van der Waals surface area contributed by atoms with Gasteiger partial charge in [0.25, 0.3) is 5.91 Å². The van der Waals surface area contributed by atoms with Crippen LogP contribution >= 0.6 is 0 Å². The van der Waals surface area contributed by atoms with Crippen molar-refractivity contribution in [3.05, 3.63) is 83.9 Å². The second-order valence-corrected chi connectivity index (χ2v) is 8.27. The van der Waals surface area contributed by atoms with E-state index in [1.807, 2.05) is 25.1 Å². The van der Waals surface area contributed by atoms with Gasteiger partial charge in [0.1, 0.15) is 17.5 Å². The van der Waals surface area contributed by atoms with Crippen LogP contribution < -0.4 is 19.7 Å². The van der Waals surface area contributed by atoms with Gasteiger partial charge in [-0.2, -0.15) is 0 Å². The molecule has 0 radical (unpaired) electrons. The molecule has 0 spiro atoms. The van der Waals surface area contributed by atoms with E-state index < -0.39 is 18.0 Å². The van der Waals surface area contributed by atoms with Crippen LogP contribution in [0.1, 0.15) is 17.5 Å². The van der Waals surface area contributed by atoms with Gasteiger partial charge in [-0.1, -0.05) is 24.3 Å². The van der Waals surface area contributed by atoms with Gasteiger partial charge in [0, 0.05) is 12.2 Å². The van der Waals surface area contributed by atoms with Crippen molar-refractivity contribution in [2.45, 2.75) is 25.9 Å². The zero-order valence-electron chi connectivity index (χ0n) is 19.9. The first-order chi connectivity index (χ1) is 16.9. The smallest absolute Gasteiger partial charge is 0.332 e. The monoisotopic (exact) mass is 473 g/mol. The highest BCUT2D eigenvalue weighted by atomic mass is 16.5. The number of methoxy groups -OCH3 is 2. The summed E-state index contributed by atoms with van der Waals surface area (Å²) in [6.45, 7) is 2.07. The molecule has 35 heavy (non-hydrogen) atoms. The SMILES string of the molecule is COc1ccc(CN2C(=O)N(c3cccc(C)c3)C(=O)[C@H]2CC(=O)Nc2ccc(OC)cc2)cc1. The Hall–Kier alpha value is -4.33. The van der Waals surface area contributed by atoms with Crippen LogP contribution in [0, 0.1) is 6.92 Å². The molecule has 0 unspecified atom stereocenters. The Bertz CT molecular complexity index is 1220. The summed E-state index contributed by atoms with van der Waals surface area (Å²) in [5, 5.41) is 2.80. The molecule has 180 valence electrons. The molecule has 0 bridgehead atoms. The number of anilines is 2. The molecule has 4 amide bonds. The molecule has 1 saturated heterocycles. The number of aryl methyl sites for hydroxylation is 1. The number of benzene rings is 3. The van der Waals surface area contributed by atoms with Crippen molar-refractivity contribution in [3.63, 3.8) is 0 Å². The molecule has 1 heterocycles. The summed E-state index contributed by atoms with van der Waals surface area (Å²) >= 11 is 0. The highest BCUT2D eigenvalue weighted by Crippen LogP contribution is 2.29. The molecule has 3 aromatic carbocycles. The average Bonchev–Trinajstić information content (AvgIpc) is 3.08. The van der Waals surface area contributed by atoms with E-state index >= 15 is 0 Å². The second kappa shape index (κ2) is 10.3. The Kier molecular flexibility index (Phi) is 7.01. The molecular weight excluding hydrogens is 446 g/mol. The van der Waals surface area contributed by atoms with E-state index in [9.17, 15) is 14.4 Å². The van der Waals surface area contributed by atoms with Gasteiger partial charge < -0.3 is 19.7 Å². The third kappa shape index (κ3) is 5.27. The average molecular weight is 474 g/mol. The maximum atomic E-state index is 13.4. The zero-order valence-corrected chi connectivity index (χ0v) is 19.9. The van der Waals surface area contributed by atoms with E-state index in [0.29, 0.717) is 22.9 Å². The van der Waals surface area contributed by atoms with Crippen molar-refractivity contribution in [1.29, 1.82) is 0 Å². The van der Waals surface area contributed by atoms with Gasteiger partial charge in [-0.3, -0.25) is 9.59 Å². The summed E-state index contributed by atoms with van der Waals surface area (Å²) in [7, 11) is 3.14. The summed E-state index contributed by atoms with van der Waals surface area (Å²) in [4.78, 5) is 42.4. The predicted octanol–water partition coefficient (Wildman–Crippen LogP) is 4.38. The Labute approximate surface area is 204 Å². The summed E-state index contributed by atoms with van der Waals surface area (Å²) < 4.78 is 10.3. The number of nitrogens with one attached hydrogen (secondary N) is 1. The molecule has 1 atom stereocenters. The van der Waals surface area contributed by atoms with Crippen LogP contribution in [-0.4, -0.2) is 43.0 Å². The molecular formula is C27H27N3O5. The fourth-order valence-corrected chi connectivity index (χ4v) is 4.01. The first-order valence-corrected chi connectivity index (χ1v) is 11.2. The van der Waals surface area contributed by atoms with E-state index in [2.05, 4.69) is 5.32 Å². The lowest BCUT2D eigenvalue weighted by Crippen LogP contribution is -2.37. The number of amides is 4. The van der Waals surface area contributed by atoms with Gasteiger partial charge >= 0.3 is 6.03 Å². The Morgan fingerprint density at radius 3 is 2.14 bits per heavy atom. The Morgan fingerprint density at radius 2 is 1.54 bits per heavy atom. The lowest BCUT2D eigenvalue weighted by molar-refractivity contribution is -0.124. The Balaban J connectivity index is 1.58. The quantitative estimate of drug-likeness (QED) is 0.491. The molecule has 8 nitrogen and oxygen atoms in total. The number of ether oxygens (including phenoxy) is 2. The topological polar surface area (TPSA) is 88.2 Å². The molecule has 1 aliphatic rings. The molecule has 4 rings (SSSR count). The molecule has 1 N–H and O–H groups in total. The number of nitrogens with zero attached hydrogens (tertiary/aromatic N) is 2. The van der Waals surface area contributed by atoms with Crippen LogP contribution in [-0.2, 0) is 16.1 Å². The highest BCUT2D eigenvalue weighted by Gasteiger charge is 2.46. The lowest BCUT2D eigenvalue weighted by atomic mass is 10.1. The minimum atomic E-state index is -0.941. The van der Waals surface area contributed by atoms with Crippen molar-refractivity contribution in [3.8, 4) is 11.5 Å². The number of carbonyl (C=O) groups is 3. The molecule has 0 aromatic heterocycles. The van der Waals surface area contributed by atoms with Crippen molar-refractivity contribution < 1.29 is 23.9 Å². The van der Waals surface area contributed by atoms with E-state index in [4.69, 9.17) is 9.47 Å². The lowest BCUT2D eigenvalue weighted by Gasteiger charge is -2.22. The number of urea groups is 1. The molecule has 8 heteroatoms. The van der Waals surface area contributed by atoms with Crippen LogP contribution in [0.15, 0.2) is 72.8 Å². The standard InChI is InChI=1S/C27H27N3O5/c1-18-5-4-6-21(15-18)30-26(32)24(16-25(31)28-20-9-13-23(35-3)14-10-20)29(27(30)33)17-19-7-11-22(34-2)12-8-19/h4-15,24H,16-17H2,1-3H3,(H,28,31)/t24-/m1/s1. The Morgan fingerprint density at radius 1 is 0.914 bits per heavy atom. The maximum absolute atomic E-state index is 13.4. The number of imide groups is 1. The van der Waals surface area contributed by atoms with Crippen LogP contribution in [0.2, 0.25) is 0 Å². The third-order valence-electron chi connectivity index (χ3n) is 5.84. The van der Waals surface area contributed by atoms with E-state index in [1.54, 1.807) is 68.8 Å². The van der Waals surface area contributed by atoms with Crippen LogP contribution in [0.4, 0.5) is 16.2 Å². The molecule has 3 aromatic rings. The van der Waals surface area contributed by atoms with Crippen molar-refractivity contribution >= 4 is 29.2 Å². The predicted molar refractivity (Wildman–Crippen MR) is 133 cm³/mol. The molecule has 1 aliphatic heterocycles. The van der Waals surface area contributed by atoms with E-state index in [1.165, 1.54) is 4.90 Å². The normalized spacial score (nSPS) is 15.3. The maximum Gasteiger partial charge on any atom is 0.332 e. The fraction of sp³-hybridized carbons (Fsp3) is 0.222. The fourth-order valence-electron chi connectivity index (χ4n) is 4.01. The zero-order chi connectivity index (χ0) is 24.9. The summed E-state index contributed by atoms with van der Waals surface area (Å²) in [5.74, 6) is 0.555. The van der Waals surface area contributed by atoms with Gasteiger partial charge in [0.2, 0.25) is 5.91 Å². The first kappa shape index (κ1) is 23.8. The minimum Gasteiger partial charge on any atom is -0.497 e. The number of hydrogen-bond donors (Lipinski definition) is 1. The number of rotatable bonds is 8. The number of hydrogen-bond acceptors (Lipinski definition) is 5. The van der Waals surface area contributed by atoms with Crippen LogP contribution in [0.5, 0.6) is 11.5 Å². The molecule has 1 fully saturated rings. The summed E-state index contributed by atoms with van der Waals surface area (Å²) in [5.41, 5.74) is 2.80.